The first-order valence-electron chi connectivity index (χ1n) is 6.21. The fourth-order valence-electron chi connectivity index (χ4n) is 1.75. The highest BCUT2D eigenvalue weighted by atomic mass is 35.5. The number of benzene rings is 2. The molecule has 0 aromatic heterocycles. The van der Waals surface area contributed by atoms with Crippen LogP contribution in [0, 0.1) is 0 Å². The lowest BCUT2D eigenvalue weighted by Crippen LogP contribution is -2.21. The van der Waals surface area contributed by atoms with E-state index in [1.165, 1.54) is 7.11 Å². The Morgan fingerprint density at radius 1 is 1.09 bits per heavy atom. The van der Waals surface area contributed by atoms with Gasteiger partial charge in [-0.25, -0.2) is 4.79 Å². The van der Waals surface area contributed by atoms with E-state index in [2.05, 4.69) is 10.6 Å². The van der Waals surface area contributed by atoms with Crippen LogP contribution in [0.2, 0.25) is 10.0 Å². The summed E-state index contributed by atoms with van der Waals surface area (Å²) in [4.78, 5) is 11.7. The number of ether oxygens (including phenoxy) is 1. The highest BCUT2D eigenvalue weighted by Crippen LogP contribution is 2.25. The van der Waals surface area contributed by atoms with Crippen molar-refractivity contribution in [3.05, 3.63) is 58.1 Å². The molecule has 2 rings (SSSR count). The van der Waals surface area contributed by atoms with E-state index < -0.39 is 5.97 Å². The molecule has 0 saturated carbocycles. The minimum atomic E-state index is -0.449. The summed E-state index contributed by atoms with van der Waals surface area (Å²) in [6.45, 7) is 0. The first-order chi connectivity index (χ1) is 10.5. The molecule has 2 aromatic carbocycles. The van der Waals surface area contributed by atoms with Crippen LogP contribution in [0.5, 0.6) is 0 Å². The summed E-state index contributed by atoms with van der Waals surface area (Å²) in [5, 5.41) is 7.16. The van der Waals surface area contributed by atoms with Crippen molar-refractivity contribution in [3.63, 3.8) is 0 Å². The van der Waals surface area contributed by atoms with Gasteiger partial charge in [0.2, 0.25) is 0 Å². The average molecular weight is 355 g/mol. The summed E-state index contributed by atoms with van der Waals surface area (Å²) in [5.41, 5.74) is 1.53. The van der Waals surface area contributed by atoms with Gasteiger partial charge >= 0.3 is 5.97 Å². The summed E-state index contributed by atoms with van der Waals surface area (Å²) in [6.07, 6.45) is 0. The molecule has 0 radical (unpaired) electrons. The lowest BCUT2D eigenvalue weighted by Gasteiger charge is -2.14. The Bertz CT molecular complexity index is 722. The number of methoxy groups -OCH3 is 1. The zero-order chi connectivity index (χ0) is 16.1. The van der Waals surface area contributed by atoms with E-state index in [1.807, 2.05) is 0 Å². The van der Waals surface area contributed by atoms with Gasteiger partial charge in [0.25, 0.3) is 0 Å². The van der Waals surface area contributed by atoms with E-state index in [4.69, 9.17) is 40.2 Å². The van der Waals surface area contributed by atoms with Crippen LogP contribution in [0.25, 0.3) is 0 Å². The number of esters is 1. The molecule has 0 heterocycles. The van der Waals surface area contributed by atoms with Gasteiger partial charge in [-0.3, -0.25) is 0 Å². The number of anilines is 2. The van der Waals surface area contributed by atoms with Crippen LogP contribution >= 0.6 is 35.4 Å². The predicted molar refractivity (Wildman–Crippen MR) is 94.1 cm³/mol. The highest BCUT2D eigenvalue weighted by Gasteiger charge is 2.12. The molecule has 0 spiro atoms. The van der Waals surface area contributed by atoms with Crippen molar-refractivity contribution < 1.29 is 9.53 Å². The molecule has 7 heteroatoms. The summed E-state index contributed by atoms with van der Waals surface area (Å²) in [6, 6.07) is 11.9. The van der Waals surface area contributed by atoms with Crippen LogP contribution in [0.3, 0.4) is 0 Å². The van der Waals surface area contributed by atoms with Gasteiger partial charge in [-0.2, -0.15) is 0 Å². The summed E-state index contributed by atoms with van der Waals surface area (Å²) in [7, 11) is 1.32. The molecule has 0 aliphatic heterocycles. The maximum absolute atomic E-state index is 11.7. The smallest absolute Gasteiger partial charge is 0.339 e. The molecule has 114 valence electrons. The zero-order valence-corrected chi connectivity index (χ0v) is 13.9. The largest absolute Gasteiger partial charge is 0.465 e. The van der Waals surface area contributed by atoms with Crippen molar-refractivity contribution in [3.8, 4) is 0 Å². The molecule has 0 fully saturated rings. The first kappa shape index (κ1) is 16.5. The number of halogens is 2. The Morgan fingerprint density at radius 3 is 2.45 bits per heavy atom. The van der Waals surface area contributed by atoms with Crippen molar-refractivity contribution in [2.45, 2.75) is 0 Å². The van der Waals surface area contributed by atoms with E-state index in [1.54, 1.807) is 42.5 Å². The number of carbonyl (C=O) groups is 1. The van der Waals surface area contributed by atoms with E-state index in [0.717, 1.165) is 0 Å². The number of rotatable bonds is 3. The van der Waals surface area contributed by atoms with E-state index >= 15 is 0 Å². The van der Waals surface area contributed by atoms with Crippen LogP contribution in [0.15, 0.2) is 42.5 Å². The number of para-hydroxylation sites is 1. The number of carbonyl (C=O) groups excluding carboxylic acids is 1. The van der Waals surface area contributed by atoms with Crippen molar-refractivity contribution in [1.82, 2.24) is 0 Å². The maximum Gasteiger partial charge on any atom is 0.339 e. The summed E-state index contributed by atoms with van der Waals surface area (Å²) >= 11 is 17.1. The molecule has 0 atom stereocenters. The number of thiocarbonyl (C=S) groups is 1. The van der Waals surface area contributed by atoms with Crippen molar-refractivity contribution >= 4 is 57.9 Å². The number of nitrogens with one attached hydrogen (secondary N) is 2. The fourth-order valence-corrected chi connectivity index (χ4v) is 2.42. The van der Waals surface area contributed by atoms with Gasteiger partial charge < -0.3 is 15.4 Å². The second kappa shape index (κ2) is 7.45. The molecular weight excluding hydrogens is 343 g/mol. The predicted octanol–water partition coefficient (Wildman–Crippen LogP) is 4.59. The van der Waals surface area contributed by atoms with Gasteiger partial charge in [-0.15, -0.1) is 0 Å². The summed E-state index contributed by atoms with van der Waals surface area (Å²) in [5.74, 6) is -0.449. The Morgan fingerprint density at radius 2 is 1.77 bits per heavy atom. The maximum atomic E-state index is 11.7. The van der Waals surface area contributed by atoms with Gasteiger partial charge in [-0.1, -0.05) is 35.3 Å². The molecule has 0 amide bonds. The molecule has 0 aliphatic rings. The first-order valence-corrected chi connectivity index (χ1v) is 7.38. The minimum absolute atomic E-state index is 0.292. The standard InChI is InChI=1S/C15H12Cl2N2O2S/c1-21-14(20)10-4-2-3-5-12(10)18-15(22)19-13-7-6-9(16)8-11(13)17/h2-8H,1H3,(H2,18,19,22). The molecular formula is C15H12Cl2N2O2S. The second-order valence-electron chi connectivity index (χ2n) is 4.24. The monoisotopic (exact) mass is 354 g/mol. The minimum Gasteiger partial charge on any atom is -0.465 e. The van der Waals surface area contributed by atoms with Gasteiger partial charge in [0.15, 0.2) is 5.11 Å². The molecule has 22 heavy (non-hydrogen) atoms. The molecule has 4 nitrogen and oxygen atoms in total. The molecule has 2 aromatic rings. The third-order valence-electron chi connectivity index (χ3n) is 2.76. The third kappa shape index (κ3) is 4.10. The van der Waals surface area contributed by atoms with Crippen LogP contribution in [0.4, 0.5) is 11.4 Å². The van der Waals surface area contributed by atoms with E-state index in [0.29, 0.717) is 32.1 Å². The van der Waals surface area contributed by atoms with Gasteiger partial charge in [0.05, 0.1) is 29.1 Å². The Balaban J connectivity index is 2.14. The molecule has 0 saturated heterocycles. The number of hydrogen-bond acceptors (Lipinski definition) is 3. The SMILES string of the molecule is COC(=O)c1ccccc1NC(=S)Nc1ccc(Cl)cc1Cl. The number of hydrogen-bond donors (Lipinski definition) is 2. The Kier molecular flexibility index (Phi) is 5.60. The van der Waals surface area contributed by atoms with Crippen LogP contribution in [-0.2, 0) is 4.74 Å². The normalized spacial score (nSPS) is 9.95. The van der Waals surface area contributed by atoms with Crippen LogP contribution in [-0.4, -0.2) is 18.2 Å². The van der Waals surface area contributed by atoms with Gasteiger partial charge in [0.1, 0.15) is 0 Å². The van der Waals surface area contributed by atoms with Crippen LogP contribution in [0.1, 0.15) is 10.4 Å². The quantitative estimate of drug-likeness (QED) is 0.623. The molecule has 0 aliphatic carbocycles. The van der Waals surface area contributed by atoms with Crippen molar-refractivity contribution in [2.75, 3.05) is 17.7 Å². The molecule has 0 unspecified atom stereocenters. The summed E-state index contributed by atoms with van der Waals surface area (Å²) < 4.78 is 4.73. The third-order valence-corrected chi connectivity index (χ3v) is 3.51. The van der Waals surface area contributed by atoms with Gasteiger partial charge in [-0.05, 0) is 42.5 Å². The highest BCUT2D eigenvalue weighted by molar-refractivity contribution is 7.80. The fraction of sp³-hybridized carbons (Fsp3) is 0.0667. The van der Waals surface area contributed by atoms with Crippen molar-refractivity contribution in [1.29, 1.82) is 0 Å². The second-order valence-corrected chi connectivity index (χ2v) is 5.49. The lowest BCUT2D eigenvalue weighted by molar-refractivity contribution is 0.0602. The zero-order valence-electron chi connectivity index (χ0n) is 11.5. The topological polar surface area (TPSA) is 50.4 Å². The van der Waals surface area contributed by atoms with Gasteiger partial charge in [0, 0.05) is 5.02 Å². The molecule has 0 bridgehead atoms. The van der Waals surface area contributed by atoms with Crippen molar-refractivity contribution in [2.24, 2.45) is 0 Å². The lowest BCUT2D eigenvalue weighted by atomic mass is 10.2. The van der Waals surface area contributed by atoms with Crippen LogP contribution < -0.4 is 10.6 Å². The van der Waals surface area contributed by atoms with E-state index in [-0.39, 0.29) is 0 Å². The Labute approximate surface area is 143 Å². The van der Waals surface area contributed by atoms with E-state index in [9.17, 15) is 4.79 Å². The molecule has 2 N–H and O–H groups in total. The average Bonchev–Trinajstić information content (AvgIpc) is 2.50. The Hall–Kier alpha value is -1.82.